The molecule has 0 saturated heterocycles. The molecule has 6 heteroatoms. The normalized spacial score (nSPS) is 16.7. The van der Waals surface area contributed by atoms with Gasteiger partial charge in [0.1, 0.15) is 11.5 Å². The van der Waals surface area contributed by atoms with Crippen molar-refractivity contribution in [3.8, 4) is 0 Å². The predicted octanol–water partition coefficient (Wildman–Crippen LogP) is 4.48. The van der Waals surface area contributed by atoms with E-state index in [9.17, 15) is 9.59 Å². The van der Waals surface area contributed by atoms with Gasteiger partial charge in [-0.2, -0.15) is 0 Å². The van der Waals surface area contributed by atoms with E-state index in [0.717, 1.165) is 42.2 Å². The lowest BCUT2D eigenvalue weighted by atomic mass is 9.94. The molecule has 0 atom stereocenters. The third kappa shape index (κ3) is 3.22. The Morgan fingerprint density at radius 1 is 1.10 bits per heavy atom. The van der Waals surface area contributed by atoms with Crippen LogP contribution in [0.25, 0.3) is 10.9 Å². The Morgan fingerprint density at radius 2 is 1.90 bits per heavy atom. The Labute approximate surface area is 175 Å². The molecule has 152 valence electrons. The van der Waals surface area contributed by atoms with Crippen LogP contribution in [0, 0.1) is 6.92 Å². The van der Waals surface area contributed by atoms with E-state index in [0.29, 0.717) is 29.1 Å². The van der Waals surface area contributed by atoms with Crippen LogP contribution in [-0.4, -0.2) is 32.7 Å². The second-order valence-corrected chi connectivity index (χ2v) is 8.23. The summed E-state index contributed by atoms with van der Waals surface area (Å²) < 4.78 is 0. The summed E-state index contributed by atoms with van der Waals surface area (Å²) in [4.78, 5) is 37.5. The second kappa shape index (κ2) is 7.52. The van der Waals surface area contributed by atoms with Crippen molar-refractivity contribution >= 4 is 28.5 Å². The smallest absolute Gasteiger partial charge is 0.273 e. The monoisotopic (exact) mass is 400 g/mol. The maximum atomic E-state index is 13.4. The molecular weight excluding hydrogens is 376 g/mol. The Kier molecular flexibility index (Phi) is 4.69. The first-order valence-electron chi connectivity index (χ1n) is 10.6. The number of anilines is 1. The van der Waals surface area contributed by atoms with Crippen LogP contribution in [0.5, 0.6) is 0 Å². The van der Waals surface area contributed by atoms with Crippen LogP contribution in [0.15, 0.2) is 42.6 Å². The van der Waals surface area contributed by atoms with Crippen LogP contribution in [0.1, 0.15) is 64.1 Å². The van der Waals surface area contributed by atoms with Crippen LogP contribution >= 0.6 is 0 Å². The molecule has 1 aliphatic heterocycles. The molecule has 0 unspecified atom stereocenters. The average molecular weight is 400 g/mol. The van der Waals surface area contributed by atoms with Crippen molar-refractivity contribution in [3.63, 3.8) is 0 Å². The van der Waals surface area contributed by atoms with Crippen molar-refractivity contribution in [2.75, 3.05) is 5.32 Å². The van der Waals surface area contributed by atoms with Gasteiger partial charge in [0.15, 0.2) is 0 Å². The number of aryl methyl sites for hydroxylation is 1. The molecule has 2 amide bonds. The van der Waals surface area contributed by atoms with Crippen molar-refractivity contribution < 1.29 is 9.59 Å². The summed E-state index contributed by atoms with van der Waals surface area (Å²) in [6.45, 7) is 2.40. The maximum absolute atomic E-state index is 13.4. The highest BCUT2D eigenvalue weighted by atomic mass is 16.2. The van der Waals surface area contributed by atoms with Gasteiger partial charge >= 0.3 is 0 Å². The Bertz CT molecular complexity index is 1130. The van der Waals surface area contributed by atoms with E-state index in [4.69, 9.17) is 0 Å². The number of benzene rings is 1. The van der Waals surface area contributed by atoms with Gasteiger partial charge in [0.25, 0.3) is 11.8 Å². The van der Waals surface area contributed by atoms with Gasteiger partial charge in [0.05, 0.1) is 11.1 Å². The minimum atomic E-state index is -0.250. The molecule has 3 heterocycles. The molecule has 0 bridgehead atoms. The summed E-state index contributed by atoms with van der Waals surface area (Å²) in [6.07, 6.45) is 7.28. The summed E-state index contributed by atoms with van der Waals surface area (Å²) in [5.74, 6) is 0.193. The van der Waals surface area contributed by atoms with Crippen LogP contribution in [0.4, 0.5) is 5.82 Å². The fourth-order valence-corrected chi connectivity index (χ4v) is 4.63. The zero-order chi connectivity index (χ0) is 20.7. The Balaban J connectivity index is 1.57. The summed E-state index contributed by atoms with van der Waals surface area (Å²) in [6, 6.07) is 11.5. The highest BCUT2D eigenvalue weighted by Gasteiger charge is 2.38. The number of carbonyl (C=O) groups excluding carboxylic acids is 2. The number of rotatable bonds is 3. The lowest BCUT2D eigenvalue weighted by Gasteiger charge is -2.30. The topological polar surface area (TPSA) is 75.2 Å². The van der Waals surface area contributed by atoms with Gasteiger partial charge < -0.3 is 10.2 Å². The molecule has 0 spiro atoms. The van der Waals surface area contributed by atoms with Crippen molar-refractivity contribution in [2.24, 2.45) is 0 Å². The Morgan fingerprint density at radius 3 is 2.67 bits per heavy atom. The van der Waals surface area contributed by atoms with Gasteiger partial charge in [-0.3, -0.25) is 9.59 Å². The van der Waals surface area contributed by atoms with E-state index in [1.165, 1.54) is 6.42 Å². The van der Waals surface area contributed by atoms with Gasteiger partial charge in [-0.25, -0.2) is 9.97 Å². The molecule has 1 aliphatic carbocycles. The van der Waals surface area contributed by atoms with Crippen LogP contribution in [0.3, 0.4) is 0 Å². The van der Waals surface area contributed by atoms with Gasteiger partial charge in [0.2, 0.25) is 0 Å². The molecule has 2 aromatic heterocycles. The zero-order valence-corrected chi connectivity index (χ0v) is 17.0. The number of amides is 2. The molecule has 3 aromatic rings. The first-order valence-corrected chi connectivity index (χ1v) is 10.6. The molecular formula is C24H24N4O2. The van der Waals surface area contributed by atoms with Gasteiger partial charge in [-0.15, -0.1) is 0 Å². The molecule has 1 saturated carbocycles. The van der Waals surface area contributed by atoms with Crippen molar-refractivity contribution in [2.45, 2.75) is 51.6 Å². The zero-order valence-electron chi connectivity index (χ0n) is 17.0. The molecule has 2 aliphatic rings. The van der Waals surface area contributed by atoms with E-state index >= 15 is 0 Å². The summed E-state index contributed by atoms with van der Waals surface area (Å²) in [5, 5.41) is 3.67. The largest absolute Gasteiger partial charge is 0.330 e. The predicted molar refractivity (Wildman–Crippen MR) is 115 cm³/mol. The maximum Gasteiger partial charge on any atom is 0.273 e. The molecule has 0 radical (unpaired) electrons. The average Bonchev–Trinajstić information content (AvgIpc) is 3.10. The van der Waals surface area contributed by atoms with Gasteiger partial charge in [-0.05, 0) is 37.5 Å². The van der Waals surface area contributed by atoms with E-state index in [-0.39, 0.29) is 17.9 Å². The van der Waals surface area contributed by atoms with E-state index in [1.54, 1.807) is 12.3 Å². The van der Waals surface area contributed by atoms with E-state index < -0.39 is 0 Å². The number of pyridine rings is 2. The lowest BCUT2D eigenvalue weighted by molar-refractivity contribution is 0.0655. The molecule has 1 N–H and O–H groups in total. The highest BCUT2D eigenvalue weighted by Crippen LogP contribution is 2.34. The summed E-state index contributed by atoms with van der Waals surface area (Å²) >= 11 is 0. The van der Waals surface area contributed by atoms with Crippen LogP contribution in [0.2, 0.25) is 0 Å². The SMILES string of the molecule is Cc1ccc(NC(=O)c2c3c(nc4ccccc24)C(=O)N(C2CCCCC2)C3)nc1. The molecule has 6 nitrogen and oxygen atoms in total. The fourth-order valence-electron chi connectivity index (χ4n) is 4.63. The number of aromatic nitrogens is 2. The van der Waals surface area contributed by atoms with Gasteiger partial charge in [0, 0.05) is 29.7 Å². The van der Waals surface area contributed by atoms with E-state index in [2.05, 4.69) is 15.3 Å². The number of hydrogen-bond donors (Lipinski definition) is 1. The van der Waals surface area contributed by atoms with Gasteiger partial charge in [-0.1, -0.05) is 43.5 Å². The number of carbonyl (C=O) groups is 2. The minimum absolute atomic E-state index is 0.0508. The third-order valence-corrected chi connectivity index (χ3v) is 6.18. The van der Waals surface area contributed by atoms with Crippen LogP contribution < -0.4 is 5.32 Å². The number of hydrogen-bond acceptors (Lipinski definition) is 4. The fraction of sp³-hybridized carbons (Fsp3) is 0.333. The molecule has 1 aromatic carbocycles. The molecule has 5 rings (SSSR count). The third-order valence-electron chi connectivity index (χ3n) is 6.18. The first-order chi connectivity index (χ1) is 14.6. The summed E-state index contributed by atoms with van der Waals surface area (Å²) in [5.41, 5.74) is 3.37. The number of nitrogens with zero attached hydrogens (tertiary/aromatic N) is 3. The van der Waals surface area contributed by atoms with E-state index in [1.807, 2.05) is 42.2 Å². The minimum Gasteiger partial charge on any atom is -0.330 e. The molecule has 30 heavy (non-hydrogen) atoms. The van der Waals surface area contributed by atoms with Crippen molar-refractivity contribution in [1.82, 2.24) is 14.9 Å². The van der Waals surface area contributed by atoms with Crippen molar-refractivity contribution in [3.05, 3.63) is 65.0 Å². The number of para-hydroxylation sites is 1. The number of fused-ring (bicyclic) bond motifs is 2. The number of nitrogens with one attached hydrogen (secondary N) is 1. The first kappa shape index (κ1) is 18.7. The highest BCUT2D eigenvalue weighted by molar-refractivity contribution is 6.16. The Hall–Kier alpha value is -3.28. The van der Waals surface area contributed by atoms with Crippen molar-refractivity contribution in [1.29, 1.82) is 0 Å². The standard InChI is InChI=1S/C24H24N4O2/c1-15-11-12-20(25-13-15)27-23(29)21-17-9-5-6-10-19(17)26-22-18(21)14-28(24(22)30)16-7-3-2-4-8-16/h5-6,9-13,16H,2-4,7-8,14H2,1H3,(H,25,27,29). The quantitative estimate of drug-likeness (QED) is 0.703. The molecule has 1 fully saturated rings. The van der Waals surface area contributed by atoms with Crippen LogP contribution in [-0.2, 0) is 6.54 Å². The summed E-state index contributed by atoms with van der Waals surface area (Å²) in [7, 11) is 0. The second-order valence-electron chi connectivity index (χ2n) is 8.23. The lowest BCUT2D eigenvalue weighted by Crippen LogP contribution is -2.37.